The summed E-state index contributed by atoms with van der Waals surface area (Å²) in [6, 6.07) is 8.87. The molecule has 21 heavy (non-hydrogen) atoms. The second-order valence-corrected chi connectivity index (χ2v) is 6.65. The Kier molecular flexibility index (Phi) is 4.29. The third-order valence-electron chi connectivity index (χ3n) is 5.06. The van der Waals surface area contributed by atoms with Crippen LogP contribution in [0.5, 0.6) is 0 Å². The molecule has 0 N–H and O–H groups in total. The predicted octanol–water partition coefficient (Wildman–Crippen LogP) is 3.61. The van der Waals surface area contributed by atoms with Crippen LogP contribution in [0.2, 0.25) is 0 Å². The van der Waals surface area contributed by atoms with Gasteiger partial charge in [0.05, 0.1) is 0 Å². The molecule has 1 aliphatic heterocycles. The van der Waals surface area contributed by atoms with Crippen molar-refractivity contribution >= 4 is 11.6 Å². The van der Waals surface area contributed by atoms with E-state index in [9.17, 15) is 4.79 Å². The van der Waals surface area contributed by atoms with E-state index in [1.807, 2.05) is 0 Å². The quantitative estimate of drug-likeness (QED) is 0.829. The van der Waals surface area contributed by atoms with Gasteiger partial charge in [-0.2, -0.15) is 0 Å². The van der Waals surface area contributed by atoms with Crippen LogP contribution in [0, 0.1) is 5.92 Å². The van der Waals surface area contributed by atoms with Crippen molar-refractivity contribution in [3.05, 3.63) is 29.8 Å². The first-order valence-corrected chi connectivity index (χ1v) is 8.25. The minimum absolute atomic E-state index is 0.253. The van der Waals surface area contributed by atoms with E-state index in [1.54, 1.807) is 0 Å². The fraction of sp³-hybridized carbons (Fsp3) is 0.611. The molecule has 1 aliphatic carbocycles. The van der Waals surface area contributed by atoms with E-state index in [0.717, 1.165) is 31.5 Å². The van der Waals surface area contributed by atoms with Gasteiger partial charge >= 0.3 is 0 Å². The normalized spacial score (nSPS) is 23.2. The number of anilines is 1. The molecule has 114 valence electrons. The molecule has 1 aromatic rings. The van der Waals surface area contributed by atoms with Crippen LogP contribution in [-0.4, -0.2) is 31.4 Å². The molecule has 1 aromatic carbocycles. The molecule has 3 nitrogen and oxygen atoms in total. The molecule has 1 saturated carbocycles. The summed E-state index contributed by atoms with van der Waals surface area (Å²) in [4.78, 5) is 17.2. The number of rotatable bonds is 2. The van der Waals surface area contributed by atoms with Gasteiger partial charge in [-0.05, 0) is 45.0 Å². The van der Waals surface area contributed by atoms with Gasteiger partial charge in [-0.3, -0.25) is 4.79 Å². The number of hydrogen-bond acceptors (Lipinski definition) is 2. The predicted molar refractivity (Wildman–Crippen MR) is 86.4 cm³/mol. The molecule has 0 spiro atoms. The third-order valence-corrected chi connectivity index (χ3v) is 5.06. The zero-order valence-electron chi connectivity index (χ0n) is 13.2. The van der Waals surface area contributed by atoms with Crippen LogP contribution in [0.15, 0.2) is 24.3 Å². The maximum atomic E-state index is 12.9. The number of carbonyl (C=O) groups is 1. The average Bonchev–Trinajstić information content (AvgIpc) is 2.54. The van der Waals surface area contributed by atoms with Crippen LogP contribution in [-0.2, 0) is 4.79 Å². The first-order chi connectivity index (χ1) is 10.2. The number of carbonyl (C=O) groups excluding carboxylic acids is 1. The van der Waals surface area contributed by atoms with E-state index in [4.69, 9.17) is 0 Å². The summed E-state index contributed by atoms with van der Waals surface area (Å²) in [5.41, 5.74) is 2.44. The summed E-state index contributed by atoms with van der Waals surface area (Å²) in [5.74, 6) is 0.613. The van der Waals surface area contributed by atoms with Gasteiger partial charge in [0.25, 0.3) is 0 Å². The van der Waals surface area contributed by atoms with Crippen molar-refractivity contribution in [2.45, 2.75) is 44.6 Å². The molecule has 0 radical (unpaired) electrons. The van der Waals surface area contributed by atoms with Gasteiger partial charge in [0, 0.05) is 24.2 Å². The highest BCUT2D eigenvalue weighted by atomic mass is 16.2. The molecule has 1 heterocycles. The molecular weight excluding hydrogens is 260 g/mol. The van der Waals surface area contributed by atoms with Crippen LogP contribution in [0.1, 0.15) is 50.1 Å². The minimum Gasteiger partial charge on any atom is -0.312 e. The van der Waals surface area contributed by atoms with Crippen molar-refractivity contribution < 1.29 is 4.79 Å². The maximum absolute atomic E-state index is 12.9. The maximum Gasteiger partial charge on any atom is 0.230 e. The molecule has 1 amide bonds. The number of hydrogen-bond donors (Lipinski definition) is 0. The fourth-order valence-corrected chi connectivity index (χ4v) is 3.88. The van der Waals surface area contributed by atoms with E-state index in [0.29, 0.717) is 11.9 Å². The van der Waals surface area contributed by atoms with E-state index >= 15 is 0 Å². The topological polar surface area (TPSA) is 23.6 Å². The Morgan fingerprint density at radius 2 is 1.81 bits per heavy atom. The van der Waals surface area contributed by atoms with Gasteiger partial charge in [-0.25, -0.2) is 0 Å². The van der Waals surface area contributed by atoms with Gasteiger partial charge < -0.3 is 9.80 Å². The lowest BCUT2D eigenvalue weighted by atomic mass is 9.87. The lowest BCUT2D eigenvalue weighted by molar-refractivity contribution is -0.123. The van der Waals surface area contributed by atoms with Gasteiger partial charge in [-0.15, -0.1) is 0 Å². The van der Waals surface area contributed by atoms with Crippen LogP contribution < -0.4 is 4.90 Å². The van der Waals surface area contributed by atoms with Gasteiger partial charge in [0.1, 0.15) is 0 Å². The molecular formula is C18H26N2O. The van der Waals surface area contributed by atoms with Crippen molar-refractivity contribution in [3.8, 4) is 0 Å². The number of amides is 1. The van der Waals surface area contributed by atoms with Crippen molar-refractivity contribution in [1.29, 1.82) is 0 Å². The molecule has 3 heteroatoms. The Morgan fingerprint density at radius 3 is 2.52 bits per heavy atom. The van der Waals surface area contributed by atoms with Crippen LogP contribution >= 0.6 is 0 Å². The van der Waals surface area contributed by atoms with Gasteiger partial charge in [0.2, 0.25) is 5.91 Å². The summed E-state index contributed by atoms with van der Waals surface area (Å²) in [6.07, 6.45) is 6.91. The smallest absolute Gasteiger partial charge is 0.230 e. The standard InChI is InChI=1S/C18H26N2O/c1-19(2)16-12-13-20(17-11-7-6-10-15(16)17)18(21)14-8-4-3-5-9-14/h6-7,10-11,14,16H,3-5,8-9,12-13H2,1-2H3. The Morgan fingerprint density at radius 1 is 1.10 bits per heavy atom. The number of nitrogens with zero attached hydrogens (tertiary/aromatic N) is 2. The monoisotopic (exact) mass is 286 g/mol. The molecule has 1 unspecified atom stereocenters. The summed E-state index contributed by atoms with van der Waals surface area (Å²) in [6.45, 7) is 0.856. The van der Waals surface area contributed by atoms with Gasteiger partial charge in [-0.1, -0.05) is 37.5 Å². The SMILES string of the molecule is CN(C)C1CCN(C(=O)C2CCCCC2)c2ccccc21. The van der Waals surface area contributed by atoms with Gasteiger partial charge in [0.15, 0.2) is 0 Å². The number of fused-ring (bicyclic) bond motifs is 1. The molecule has 0 saturated heterocycles. The van der Waals surface area contributed by atoms with Crippen molar-refractivity contribution in [1.82, 2.24) is 4.90 Å². The Labute approximate surface area is 127 Å². The number of benzene rings is 1. The zero-order valence-corrected chi connectivity index (χ0v) is 13.2. The summed E-state index contributed by atoms with van der Waals surface area (Å²) >= 11 is 0. The van der Waals surface area contributed by atoms with Crippen molar-refractivity contribution in [2.24, 2.45) is 5.92 Å². The minimum atomic E-state index is 0.253. The van der Waals surface area contributed by atoms with Crippen LogP contribution in [0.3, 0.4) is 0 Å². The fourth-order valence-electron chi connectivity index (χ4n) is 3.88. The molecule has 0 aromatic heterocycles. The highest BCUT2D eigenvalue weighted by Crippen LogP contribution is 2.38. The molecule has 1 atom stereocenters. The average molecular weight is 286 g/mol. The lowest BCUT2D eigenvalue weighted by Crippen LogP contribution is -2.42. The summed E-state index contributed by atoms with van der Waals surface area (Å²) in [5, 5.41) is 0. The van der Waals surface area contributed by atoms with E-state index < -0.39 is 0 Å². The van der Waals surface area contributed by atoms with Crippen molar-refractivity contribution in [3.63, 3.8) is 0 Å². The Balaban J connectivity index is 1.86. The summed E-state index contributed by atoms with van der Waals surface area (Å²) < 4.78 is 0. The Bertz CT molecular complexity index is 506. The first-order valence-electron chi connectivity index (χ1n) is 8.25. The highest BCUT2D eigenvalue weighted by molar-refractivity contribution is 5.96. The summed E-state index contributed by atoms with van der Waals surface area (Å²) in [7, 11) is 4.25. The first kappa shape index (κ1) is 14.6. The molecule has 2 aliphatic rings. The second kappa shape index (κ2) is 6.18. The number of para-hydroxylation sites is 1. The zero-order chi connectivity index (χ0) is 14.8. The third kappa shape index (κ3) is 2.84. The van der Waals surface area contributed by atoms with Crippen molar-refractivity contribution in [2.75, 3.05) is 25.5 Å². The largest absolute Gasteiger partial charge is 0.312 e. The molecule has 1 fully saturated rings. The van der Waals surface area contributed by atoms with E-state index in [-0.39, 0.29) is 5.92 Å². The van der Waals surface area contributed by atoms with Crippen LogP contribution in [0.4, 0.5) is 5.69 Å². The van der Waals surface area contributed by atoms with E-state index in [2.05, 4.69) is 48.2 Å². The highest BCUT2D eigenvalue weighted by Gasteiger charge is 2.33. The molecule has 3 rings (SSSR count). The Hall–Kier alpha value is -1.35. The second-order valence-electron chi connectivity index (χ2n) is 6.65. The lowest BCUT2D eigenvalue weighted by Gasteiger charge is -2.39. The van der Waals surface area contributed by atoms with Crippen LogP contribution in [0.25, 0.3) is 0 Å². The molecule has 0 bridgehead atoms. The van der Waals surface area contributed by atoms with E-state index in [1.165, 1.54) is 24.8 Å².